The molecule has 2 rings (SSSR count). The molecule has 0 aliphatic rings. The molecule has 15 heavy (non-hydrogen) atoms. The second-order valence-electron chi connectivity index (χ2n) is 2.84. The molecule has 5 heteroatoms. The summed E-state index contributed by atoms with van der Waals surface area (Å²) in [5.74, 6) is -0.190. The summed E-state index contributed by atoms with van der Waals surface area (Å²) in [4.78, 5) is 4.09. The van der Waals surface area contributed by atoms with Crippen LogP contribution in [-0.2, 0) is 0 Å². The Bertz CT molecular complexity index is 484. The minimum Gasteiger partial charge on any atom is -0.494 e. The number of hydrogen-bond acceptors (Lipinski definition) is 3. The third kappa shape index (κ3) is 2.11. The van der Waals surface area contributed by atoms with Gasteiger partial charge in [0.25, 0.3) is 3.90 Å². The lowest BCUT2D eigenvalue weighted by Gasteiger charge is -2.02. The minimum atomic E-state index is -0.409. The highest BCUT2D eigenvalue weighted by molar-refractivity contribution is 14.1. The van der Waals surface area contributed by atoms with E-state index < -0.39 is 5.82 Å². The van der Waals surface area contributed by atoms with Crippen molar-refractivity contribution in [1.82, 2.24) is 4.98 Å². The van der Waals surface area contributed by atoms with Gasteiger partial charge in [-0.1, -0.05) is 0 Å². The van der Waals surface area contributed by atoms with Gasteiger partial charge in [-0.25, -0.2) is 9.37 Å². The maximum atomic E-state index is 13.4. The van der Waals surface area contributed by atoms with E-state index in [-0.39, 0.29) is 5.75 Å². The first-order valence-corrected chi connectivity index (χ1v) is 5.23. The van der Waals surface area contributed by atoms with Crippen LogP contribution < -0.4 is 4.74 Å². The molecule has 0 aliphatic carbocycles. The Labute approximate surface area is 99.4 Å². The molecule has 1 aromatic heterocycles. The van der Waals surface area contributed by atoms with Gasteiger partial charge in [0.2, 0.25) is 0 Å². The van der Waals surface area contributed by atoms with Crippen molar-refractivity contribution in [2.24, 2.45) is 0 Å². The van der Waals surface area contributed by atoms with Crippen molar-refractivity contribution in [3.63, 3.8) is 0 Å². The van der Waals surface area contributed by atoms with Crippen LogP contribution >= 0.6 is 22.6 Å². The lowest BCUT2D eigenvalue weighted by Crippen LogP contribution is -1.88. The smallest absolute Gasteiger partial charge is 0.257 e. The van der Waals surface area contributed by atoms with Gasteiger partial charge < -0.3 is 9.15 Å². The predicted octanol–water partition coefficient (Wildman–Crippen LogP) is 3.09. The summed E-state index contributed by atoms with van der Waals surface area (Å²) in [5.41, 5.74) is 1.28. The van der Waals surface area contributed by atoms with Crippen molar-refractivity contribution >= 4 is 22.6 Å². The first kappa shape index (κ1) is 10.4. The fraction of sp³-hybridized carbons (Fsp3) is 0.100. The van der Waals surface area contributed by atoms with Gasteiger partial charge in [-0.3, -0.25) is 0 Å². The van der Waals surface area contributed by atoms with Crippen molar-refractivity contribution in [1.29, 1.82) is 0 Å². The van der Waals surface area contributed by atoms with Crippen molar-refractivity contribution in [3.8, 4) is 17.0 Å². The Morgan fingerprint density at radius 2 is 2.27 bits per heavy atom. The van der Waals surface area contributed by atoms with E-state index in [1.165, 1.54) is 19.4 Å². The Morgan fingerprint density at radius 3 is 2.80 bits per heavy atom. The monoisotopic (exact) mass is 319 g/mol. The third-order valence-electron chi connectivity index (χ3n) is 1.92. The van der Waals surface area contributed by atoms with E-state index in [9.17, 15) is 4.39 Å². The quantitative estimate of drug-likeness (QED) is 0.798. The van der Waals surface area contributed by atoms with Crippen molar-refractivity contribution < 1.29 is 13.5 Å². The zero-order valence-corrected chi connectivity index (χ0v) is 9.99. The van der Waals surface area contributed by atoms with Gasteiger partial charge in [-0.2, -0.15) is 0 Å². The molecular formula is C10H7FINO2. The van der Waals surface area contributed by atoms with Crippen LogP contribution in [0.4, 0.5) is 4.39 Å². The fourth-order valence-electron chi connectivity index (χ4n) is 1.21. The van der Waals surface area contributed by atoms with Gasteiger partial charge in [0.05, 0.1) is 7.11 Å². The van der Waals surface area contributed by atoms with Crippen molar-refractivity contribution in [2.45, 2.75) is 0 Å². The van der Waals surface area contributed by atoms with E-state index in [4.69, 9.17) is 9.15 Å². The molecule has 0 atom stereocenters. The Balaban J connectivity index is 2.42. The van der Waals surface area contributed by atoms with Gasteiger partial charge in [0.1, 0.15) is 12.0 Å². The molecule has 0 amide bonds. The van der Waals surface area contributed by atoms with Gasteiger partial charge in [-0.15, -0.1) is 0 Å². The second-order valence-corrected chi connectivity index (χ2v) is 3.76. The average molecular weight is 319 g/mol. The minimum absolute atomic E-state index is 0.219. The Kier molecular flexibility index (Phi) is 2.90. The van der Waals surface area contributed by atoms with Crippen LogP contribution in [0.3, 0.4) is 0 Å². The van der Waals surface area contributed by atoms with Crippen LogP contribution in [0.25, 0.3) is 11.3 Å². The summed E-state index contributed by atoms with van der Waals surface area (Å²) in [6.45, 7) is 0. The number of nitrogens with zero attached hydrogens (tertiary/aromatic N) is 1. The van der Waals surface area contributed by atoms with E-state index >= 15 is 0 Å². The van der Waals surface area contributed by atoms with Crippen LogP contribution in [-0.4, -0.2) is 12.1 Å². The number of halogens is 2. The van der Waals surface area contributed by atoms with Crippen LogP contribution in [0.15, 0.2) is 28.9 Å². The van der Waals surface area contributed by atoms with Gasteiger partial charge in [0, 0.05) is 28.2 Å². The second kappa shape index (κ2) is 4.18. The molecule has 0 saturated carbocycles. The molecule has 0 N–H and O–H groups in total. The molecule has 0 spiro atoms. The van der Waals surface area contributed by atoms with Crippen molar-refractivity contribution in [3.05, 3.63) is 34.2 Å². The average Bonchev–Trinajstić information content (AvgIpc) is 2.65. The number of aromatic nitrogens is 1. The molecule has 3 nitrogen and oxygen atoms in total. The first-order chi connectivity index (χ1) is 7.20. The number of rotatable bonds is 2. The largest absolute Gasteiger partial charge is 0.494 e. The summed E-state index contributed by atoms with van der Waals surface area (Å²) >= 11 is 1.95. The summed E-state index contributed by atoms with van der Waals surface area (Å²) in [7, 11) is 1.43. The number of ether oxygens (including phenoxy) is 1. The van der Waals surface area contributed by atoms with Gasteiger partial charge in [0.15, 0.2) is 11.6 Å². The van der Waals surface area contributed by atoms with Crippen LogP contribution in [0.5, 0.6) is 5.75 Å². The maximum Gasteiger partial charge on any atom is 0.257 e. The molecule has 2 aromatic rings. The van der Waals surface area contributed by atoms with E-state index in [1.54, 1.807) is 12.1 Å². The molecule has 0 unspecified atom stereocenters. The molecule has 1 aromatic carbocycles. The van der Waals surface area contributed by atoms with E-state index in [0.29, 0.717) is 15.2 Å². The molecular weight excluding hydrogens is 312 g/mol. The zero-order chi connectivity index (χ0) is 10.8. The highest BCUT2D eigenvalue weighted by atomic mass is 127. The molecule has 0 radical (unpaired) electrons. The number of methoxy groups -OCH3 is 1. The SMILES string of the molecule is COc1ccc(-c2coc(I)n2)cc1F. The van der Waals surface area contributed by atoms with E-state index in [1.807, 2.05) is 22.6 Å². The van der Waals surface area contributed by atoms with E-state index in [0.717, 1.165) is 0 Å². The predicted molar refractivity (Wildman–Crippen MR) is 61.2 cm³/mol. The highest BCUT2D eigenvalue weighted by Crippen LogP contribution is 2.25. The standard InChI is InChI=1S/C10H7FINO2/c1-14-9-3-2-6(4-7(9)11)8-5-15-10(12)13-8/h2-5H,1H3. The number of oxazole rings is 1. The first-order valence-electron chi connectivity index (χ1n) is 4.15. The molecule has 1 heterocycles. The number of benzene rings is 1. The summed E-state index contributed by atoms with van der Waals surface area (Å²) < 4.78 is 23.7. The van der Waals surface area contributed by atoms with Crippen LogP contribution in [0.2, 0.25) is 0 Å². The van der Waals surface area contributed by atoms with Gasteiger partial charge >= 0.3 is 0 Å². The van der Waals surface area contributed by atoms with Crippen molar-refractivity contribution in [2.75, 3.05) is 7.11 Å². The Hall–Kier alpha value is -1.11. The highest BCUT2D eigenvalue weighted by Gasteiger charge is 2.08. The van der Waals surface area contributed by atoms with E-state index in [2.05, 4.69) is 4.98 Å². The maximum absolute atomic E-state index is 13.4. The molecule has 78 valence electrons. The molecule has 0 bridgehead atoms. The third-order valence-corrected chi connectivity index (χ3v) is 2.42. The zero-order valence-electron chi connectivity index (χ0n) is 7.83. The molecule has 0 saturated heterocycles. The van der Waals surface area contributed by atoms with Crippen LogP contribution in [0, 0.1) is 9.71 Å². The molecule has 0 aliphatic heterocycles. The lowest BCUT2D eigenvalue weighted by atomic mass is 10.1. The summed E-state index contributed by atoms with van der Waals surface area (Å²) in [6.07, 6.45) is 1.49. The van der Waals surface area contributed by atoms with Crippen LogP contribution in [0.1, 0.15) is 0 Å². The number of hydrogen-bond donors (Lipinski definition) is 0. The Morgan fingerprint density at radius 1 is 1.47 bits per heavy atom. The lowest BCUT2D eigenvalue weighted by molar-refractivity contribution is 0.386. The normalized spacial score (nSPS) is 10.3. The summed E-state index contributed by atoms with van der Waals surface area (Å²) in [5, 5.41) is 0. The topological polar surface area (TPSA) is 35.3 Å². The summed E-state index contributed by atoms with van der Waals surface area (Å²) in [6, 6.07) is 4.66. The van der Waals surface area contributed by atoms with Gasteiger partial charge in [-0.05, 0) is 18.2 Å². The molecule has 0 fully saturated rings. The fourth-order valence-corrected chi connectivity index (χ4v) is 1.60.